The van der Waals surface area contributed by atoms with Gasteiger partial charge in [0.2, 0.25) is 11.8 Å². The summed E-state index contributed by atoms with van der Waals surface area (Å²) in [4.78, 5) is 24.2. The Bertz CT molecular complexity index is 775. The van der Waals surface area contributed by atoms with Gasteiger partial charge in [0, 0.05) is 6.54 Å². The Labute approximate surface area is 140 Å². The van der Waals surface area contributed by atoms with Gasteiger partial charge >= 0.3 is 0 Å². The van der Waals surface area contributed by atoms with E-state index >= 15 is 0 Å². The highest BCUT2D eigenvalue weighted by atomic mass is 19.1. The molecule has 1 aliphatic rings. The van der Waals surface area contributed by atoms with Crippen molar-refractivity contribution >= 4 is 17.5 Å². The van der Waals surface area contributed by atoms with E-state index < -0.39 is 5.82 Å². The molecule has 2 aromatic carbocycles. The predicted octanol–water partition coefficient (Wildman–Crippen LogP) is 3.03. The van der Waals surface area contributed by atoms with Gasteiger partial charge in [-0.1, -0.05) is 42.0 Å². The molecular formula is C19H19FN2O2. The van der Waals surface area contributed by atoms with Crippen molar-refractivity contribution in [2.24, 2.45) is 11.8 Å². The van der Waals surface area contributed by atoms with E-state index in [-0.39, 0.29) is 29.3 Å². The minimum atomic E-state index is -0.480. The topological polar surface area (TPSA) is 58.2 Å². The van der Waals surface area contributed by atoms with E-state index in [0.29, 0.717) is 13.0 Å². The van der Waals surface area contributed by atoms with Crippen LogP contribution in [-0.4, -0.2) is 11.8 Å². The molecule has 0 saturated heterocycles. The van der Waals surface area contributed by atoms with Crippen LogP contribution < -0.4 is 10.6 Å². The van der Waals surface area contributed by atoms with E-state index in [1.54, 1.807) is 12.1 Å². The van der Waals surface area contributed by atoms with E-state index in [0.717, 1.165) is 11.1 Å². The number of benzene rings is 2. The van der Waals surface area contributed by atoms with Crippen LogP contribution in [0.4, 0.5) is 10.1 Å². The number of rotatable bonds is 5. The average Bonchev–Trinajstić information content (AvgIpc) is 3.36. The highest BCUT2D eigenvalue weighted by Gasteiger charge is 2.48. The van der Waals surface area contributed by atoms with E-state index in [9.17, 15) is 14.0 Å². The molecule has 1 aliphatic carbocycles. The number of amides is 2. The average molecular weight is 326 g/mol. The monoisotopic (exact) mass is 326 g/mol. The lowest BCUT2D eigenvalue weighted by Crippen LogP contribution is -2.27. The number of nitrogens with one attached hydrogen (secondary N) is 2. The lowest BCUT2D eigenvalue weighted by atomic mass is 10.1. The van der Waals surface area contributed by atoms with Crippen LogP contribution in [0.2, 0.25) is 0 Å². The first-order valence-corrected chi connectivity index (χ1v) is 7.93. The van der Waals surface area contributed by atoms with Crippen molar-refractivity contribution in [1.29, 1.82) is 0 Å². The van der Waals surface area contributed by atoms with Crippen LogP contribution in [0, 0.1) is 24.6 Å². The molecule has 24 heavy (non-hydrogen) atoms. The Kier molecular flexibility index (Phi) is 4.60. The van der Waals surface area contributed by atoms with Gasteiger partial charge in [-0.05, 0) is 31.0 Å². The summed E-state index contributed by atoms with van der Waals surface area (Å²) in [5, 5.41) is 5.40. The van der Waals surface area contributed by atoms with Crippen molar-refractivity contribution in [1.82, 2.24) is 5.32 Å². The van der Waals surface area contributed by atoms with Crippen LogP contribution in [-0.2, 0) is 16.1 Å². The van der Waals surface area contributed by atoms with Gasteiger partial charge in [-0.15, -0.1) is 0 Å². The third kappa shape index (κ3) is 3.79. The zero-order chi connectivity index (χ0) is 17.1. The van der Waals surface area contributed by atoms with Crippen LogP contribution in [0.3, 0.4) is 0 Å². The number of para-hydroxylation sites is 1. The number of hydrogen-bond donors (Lipinski definition) is 2. The number of aryl methyl sites for hydroxylation is 1. The van der Waals surface area contributed by atoms with Crippen molar-refractivity contribution < 1.29 is 14.0 Å². The minimum absolute atomic E-state index is 0.134. The van der Waals surface area contributed by atoms with E-state index in [2.05, 4.69) is 10.6 Å². The van der Waals surface area contributed by atoms with Gasteiger partial charge in [0.25, 0.3) is 0 Å². The molecule has 1 fully saturated rings. The maximum absolute atomic E-state index is 13.5. The SMILES string of the molecule is Cc1cccc(CNC(=O)C2CC2C(=O)Nc2ccccc2F)c1. The lowest BCUT2D eigenvalue weighted by molar-refractivity contribution is -0.125. The van der Waals surface area contributed by atoms with Gasteiger partial charge in [0.05, 0.1) is 17.5 Å². The molecule has 0 aromatic heterocycles. The Morgan fingerprint density at radius 2 is 1.83 bits per heavy atom. The third-order valence-electron chi connectivity index (χ3n) is 4.14. The maximum Gasteiger partial charge on any atom is 0.228 e. The molecule has 2 aromatic rings. The summed E-state index contributed by atoms with van der Waals surface area (Å²) in [5.41, 5.74) is 2.31. The quantitative estimate of drug-likeness (QED) is 0.887. The summed E-state index contributed by atoms with van der Waals surface area (Å²) in [7, 11) is 0. The van der Waals surface area contributed by atoms with Crippen LogP contribution in [0.25, 0.3) is 0 Å². The van der Waals surface area contributed by atoms with Gasteiger partial charge in [-0.3, -0.25) is 9.59 Å². The van der Waals surface area contributed by atoms with E-state index in [4.69, 9.17) is 0 Å². The van der Waals surface area contributed by atoms with Gasteiger partial charge in [0.15, 0.2) is 0 Å². The molecule has 2 N–H and O–H groups in total. The minimum Gasteiger partial charge on any atom is -0.352 e. The van der Waals surface area contributed by atoms with Crippen LogP contribution in [0.5, 0.6) is 0 Å². The summed E-state index contributed by atoms with van der Waals surface area (Å²) in [6.07, 6.45) is 0.500. The second-order valence-corrected chi connectivity index (χ2v) is 6.12. The Morgan fingerprint density at radius 3 is 2.58 bits per heavy atom. The Hall–Kier alpha value is -2.69. The zero-order valence-electron chi connectivity index (χ0n) is 13.4. The molecule has 5 heteroatoms. The van der Waals surface area contributed by atoms with Gasteiger partial charge in [0.1, 0.15) is 5.82 Å². The number of carbonyl (C=O) groups is 2. The maximum atomic E-state index is 13.5. The summed E-state index contributed by atoms with van der Waals surface area (Å²) < 4.78 is 13.5. The molecule has 0 heterocycles. The fourth-order valence-corrected chi connectivity index (χ4v) is 2.70. The second kappa shape index (κ2) is 6.83. The van der Waals surface area contributed by atoms with Crippen molar-refractivity contribution in [2.45, 2.75) is 19.9 Å². The first-order valence-electron chi connectivity index (χ1n) is 7.93. The van der Waals surface area contributed by atoms with Crippen molar-refractivity contribution in [3.8, 4) is 0 Å². The molecule has 1 saturated carbocycles. The summed E-state index contributed by atoms with van der Waals surface area (Å²) in [5.74, 6) is -1.64. The molecular weight excluding hydrogens is 307 g/mol. The summed E-state index contributed by atoms with van der Waals surface area (Å²) in [6.45, 7) is 2.44. The largest absolute Gasteiger partial charge is 0.352 e. The summed E-state index contributed by atoms with van der Waals surface area (Å²) >= 11 is 0. The Balaban J connectivity index is 1.50. The standard InChI is InChI=1S/C19H19FN2O2/c1-12-5-4-6-13(9-12)11-21-18(23)14-10-15(14)19(24)22-17-8-3-2-7-16(17)20/h2-9,14-15H,10-11H2,1H3,(H,21,23)(H,22,24). The highest BCUT2D eigenvalue weighted by Crippen LogP contribution is 2.39. The smallest absolute Gasteiger partial charge is 0.228 e. The van der Waals surface area contributed by atoms with Crippen molar-refractivity contribution in [2.75, 3.05) is 5.32 Å². The Morgan fingerprint density at radius 1 is 1.08 bits per heavy atom. The normalized spacial score (nSPS) is 18.8. The molecule has 2 amide bonds. The first kappa shape index (κ1) is 16.2. The van der Waals surface area contributed by atoms with Crippen LogP contribution in [0.1, 0.15) is 17.5 Å². The predicted molar refractivity (Wildman–Crippen MR) is 89.7 cm³/mol. The fraction of sp³-hybridized carbons (Fsp3) is 0.263. The number of hydrogen-bond acceptors (Lipinski definition) is 2. The molecule has 4 nitrogen and oxygen atoms in total. The summed E-state index contributed by atoms with van der Waals surface area (Å²) in [6, 6.07) is 13.9. The van der Waals surface area contributed by atoms with Crippen molar-refractivity contribution in [3.63, 3.8) is 0 Å². The fourth-order valence-electron chi connectivity index (χ4n) is 2.70. The van der Waals surface area contributed by atoms with Gasteiger partial charge in [-0.2, -0.15) is 0 Å². The lowest BCUT2D eigenvalue weighted by Gasteiger charge is -2.07. The van der Waals surface area contributed by atoms with Crippen molar-refractivity contribution in [3.05, 3.63) is 65.5 Å². The molecule has 124 valence electrons. The van der Waals surface area contributed by atoms with Crippen LogP contribution in [0.15, 0.2) is 48.5 Å². The number of carbonyl (C=O) groups excluding carboxylic acids is 2. The molecule has 0 spiro atoms. The highest BCUT2D eigenvalue weighted by molar-refractivity contribution is 5.99. The molecule has 0 radical (unpaired) electrons. The number of halogens is 1. The zero-order valence-corrected chi connectivity index (χ0v) is 13.4. The van der Waals surface area contributed by atoms with Gasteiger partial charge in [-0.25, -0.2) is 4.39 Å². The number of anilines is 1. The molecule has 0 aliphatic heterocycles. The second-order valence-electron chi connectivity index (χ2n) is 6.12. The molecule has 0 bridgehead atoms. The molecule has 3 rings (SSSR count). The van der Waals surface area contributed by atoms with E-state index in [1.807, 2.05) is 31.2 Å². The molecule has 2 unspecified atom stereocenters. The van der Waals surface area contributed by atoms with E-state index in [1.165, 1.54) is 12.1 Å². The van der Waals surface area contributed by atoms with Gasteiger partial charge < -0.3 is 10.6 Å². The molecule has 2 atom stereocenters. The third-order valence-corrected chi connectivity index (χ3v) is 4.14. The van der Waals surface area contributed by atoms with Crippen LogP contribution >= 0.6 is 0 Å². The first-order chi connectivity index (χ1) is 11.5.